The van der Waals surface area contributed by atoms with Crippen molar-refractivity contribution in [2.24, 2.45) is 11.7 Å². The van der Waals surface area contributed by atoms with Crippen LogP contribution in [0.4, 0.5) is 0 Å². The fraction of sp³-hybridized carbons (Fsp3) is 0.923. The molecular formula is C13H24N2O2. The molecule has 3 atom stereocenters. The molecule has 1 heterocycles. The fourth-order valence-electron chi connectivity index (χ4n) is 3.43. The van der Waals surface area contributed by atoms with E-state index < -0.39 is 12.0 Å². The molecule has 0 aromatic heterocycles. The Bertz CT molecular complexity index is 268. The lowest BCUT2D eigenvalue weighted by atomic mass is 9.78. The first-order valence-electron chi connectivity index (χ1n) is 6.91. The first-order valence-corrected chi connectivity index (χ1v) is 6.91. The van der Waals surface area contributed by atoms with Crippen molar-refractivity contribution in [2.45, 2.75) is 57.0 Å². The molecule has 4 heteroatoms. The van der Waals surface area contributed by atoms with Crippen molar-refractivity contribution in [3.63, 3.8) is 0 Å². The summed E-state index contributed by atoms with van der Waals surface area (Å²) in [5.74, 6) is -0.0132. The zero-order chi connectivity index (χ0) is 12.3. The third-order valence-electron chi connectivity index (χ3n) is 4.40. The fourth-order valence-corrected chi connectivity index (χ4v) is 3.43. The molecule has 2 rings (SSSR count). The Morgan fingerprint density at radius 2 is 2.00 bits per heavy atom. The average Bonchev–Trinajstić information content (AvgIpc) is 2.35. The van der Waals surface area contributed by atoms with Crippen LogP contribution in [0, 0.1) is 5.92 Å². The maximum atomic E-state index is 10.7. The van der Waals surface area contributed by atoms with E-state index in [0.717, 1.165) is 19.0 Å². The van der Waals surface area contributed by atoms with Crippen molar-refractivity contribution in [3.05, 3.63) is 0 Å². The number of carboxylic acid groups (broad SMARTS) is 1. The first-order chi connectivity index (χ1) is 8.18. The average molecular weight is 240 g/mol. The molecule has 98 valence electrons. The normalized spacial score (nSPS) is 31.8. The molecule has 2 aliphatic rings. The standard InChI is InChI=1S/C13H24N2O2/c14-11(13(16)17)7-9-15-8-3-5-10-4-1-2-6-12(10)15/h10-12H,1-9,14H2,(H,16,17). The van der Waals surface area contributed by atoms with Crippen molar-refractivity contribution in [1.82, 2.24) is 4.90 Å². The number of hydrogen-bond acceptors (Lipinski definition) is 3. The Kier molecular flexibility index (Phi) is 4.40. The summed E-state index contributed by atoms with van der Waals surface area (Å²) in [6, 6.07) is 0.0115. The number of nitrogens with two attached hydrogens (primary N) is 1. The van der Waals surface area contributed by atoms with Crippen molar-refractivity contribution < 1.29 is 9.90 Å². The van der Waals surface area contributed by atoms with Gasteiger partial charge in [0.2, 0.25) is 0 Å². The number of aliphatic carboxylic acids is 1. The predicted octanol–water partition coefficient (Wildman–Crippen LogP) is 1.44. The summed E-state index contributed by atoms with van der Waals surface area (Å²) in [4.78, 5) is 13.2. The number of piperidine rings is 1. The highest BCUT2D eigenvalue weighted by Crippen LogP contribution is 2.35. The molecule has 1 saturated carbocycles. The molecule has 3 unspecified atom stereocenters. The Labute approximate surface area is 103 Å². The van der Waals surface area contributed by atoms with Crippen LogP contribution in [-0.4, -0.2) is 41.1 Å². The lowest BCUT2D eigenvalue weighted by molar-refractivity contribution is -0.138. The zero-order valence-electron chi connectivity index (χ0n) is 10.5. The van der Waals surface area contributed by atoms with Crippen molar-refractivity contribution >= 4 is 5.97 Å². The van der Waals surface area contributed by atoms with Gasteiger partial charge in [0.05, 0.1) is 0 Å². The molecular weight excluding hydrogens is 216 g/mol. The van der Waals surface area contributed by atoms with Gasteiger partial charge in [-0.05, 0) is 44.6 Å². The number of hydrogen-bond donors (Lipinski definition) is 2. The van der Waals surface area contributed by atoms with E-state index in [1.54, 1.807) is 0 Å². The van der Waals surface area contributed by atoms with Crippen LogP contribution in [0.3, 0.4) is 0 Å². The van der Waals surface area contributed by atoms with Crippen molar-refractivity contribution in [2.75, 3.05) is 13.1 Å². The van der Waals surface area contributed by atoms with Gasteiger partial charge in [-0.15, -0.1) is 0 Å². The molecule has 0 amide bonds. The molecule has 3 N–H and O–H groups in total. The summed E-state index contributed by atoms with van der Waals surface area (Å²) in [5, 5.41) is 8.80. The summed E-state index contributed by atoms with van der Waals surface area (Å²) in [5.41, 5.74) is 5.58. The number of carbonyl (C=O) groups is 1. The van der Waals surface area contributed by atoms with Gasteiger partial charge in [-0.2, -0.15) is 0 Å². The zero-order valence-corrected chi connectivity index (χ0v) is 10.5. The van der Waals surface area contributed by atoms with Gasteiger partial charge in [-0.25, -0.2) is 0 Å². The molecule has 1 saturated heterocycles. The minimum absolute atomic E-state index is 0.582. The second kappa shape index (κ2) is 5.83. The lowest BCUT2D eigenvalue weighted by Crippen LogP contribution is -2.48. The molecule has 0 bridgehead atoms. The maximum Gasteiger partial charge on any atom is 0.320 e. The molecule has 1 aliphatic carbocycles. The van der Waals surface area contributed by atoms with Gasteiger partial charge in [-0.1, -0.05) is 12.8 Å². The molecule has 0 aromatic carbocycles. The van der Waals surface area contributed by atoms with Gasteiger partial charge in [0, 0.05) is 12.6 Å². The summed E-state index contributed by atoms with van der Waals surface area (Å²) < 4.78 is 0. The van der Waals surface area contributed by atoms with Crippen LogP contribution in [0.25, 0.3) is 0 Å². The second-order valence-electron chi connectivity index (χ2n) is 5.52. The van der Waals surface area contributed by atoms with Crippen molar-refractivity contribution in [3.8, 4) is 0 Å². The van der Waals surface area contributed by atoms with Gasteiger partial charge in [-0.3, -0.25) is 4.79 Å². The van der Waals surface area contributed by atoms with E-state index >= 15 is 0 Å². The summed E-state index contributed by atoms with van der Waals surface area (Å²) in [6.45, 7) is 1.99. The number of rotatable bonds is 4. The topological polar surface area (TPSA) is 66.6 Å². The van der Waals surface area contributed by atoms with Crippen LogP contribution in [0.15, 0.2) is 0 Å². The molecule has 2 fully saturated rings. The second-order valence-corrected chi connectivity index (χ2v) is 5.52. The molecule has 1 aliphatic heterocycles. The Balaban J connectivity index is 1.84. The monoisotopic (exact) mass is 240 g/mol. The van der Waals surface area contributed by atoms with Gasteiger partial charge < -0.3 is 15.7 Å². The highest BCUT2D eigenvalue weighted by Gasteiger charge is 2.33. The van der Waals surface area contributed by atoms with Gasteiger partial charge in [0.15, 0.2) is 0 Å². The first kappa shape index (κ1) is 12.8. The lowest BCUT2D eigenvalue weighted by Gasteiger charge is -2.44. The number of carboxylic acids is 1. The number of likely N-dealkylation sites (tertiary alicyclic amines) is 1. The third kappa shape index (κ3) is 3.19. The van der Waals surface area contributed by atoms with E-state index in [1.165, 1.54) is 38.5 Å². The minimum Gasteiger partial charge on any atom is -0.480 e. The van der Waals surface area contributed by atoms with Crippen LogP contribution in [0.1, 0.15) is 44.9 Å². The molecule has 0 aromatic rings. The van der Waals surface area contributed by atoms with Crippen molar-refractivity contribution in [1.29, 1.82) is 0 Å². The van der Waals surface area contributed by atoms with E-state index in [1.807, 2.05) is 0 Å². The number of fused-ring (bicyclic) bond motifs is 1. The SMILES string of the molecule is NC(CCN1CCCC2CCCCC21)C(=O)O. The van der Waals surface area contributed by atoms with Crippen LogP contribution in [0.2, 0.25) is 0 Å². The predicted molar refractivity (Wildman–Crippen MR) is 66.8 cm³/mol. The molecule has 0 radical (unpaired) electrons. The summed E-state index contributed by atoms with van der Waals surface area (Å²) in [7, 11) is 0. The van der Waals surface area contributed by atoms with Crippen LogP contribution < -0.4 is 5.73 Å². The quantitative estimate of drug-likeness (QED) is 0.780. The molecule has 17 heavy (non-hydrogen) atoms. The van der Waals surface area contributed by atoms with E-state index in [4.69, 9.17) is 10.8 Å². The summed E-state index contributed by atoms with van der Waals surface area (Å²) >= 11 is 0. The Morgan fingerprint density at radius 3 is 2.76 bits per heavy atom. The Hall–Kier alpha value is -0.610. The maximum absolute atomic E-state index is 10.7. The smallest absolute Gasteiger partial charge is 0.320 e. The minimum atomic E-state index is -0.873. The Morgan fingerprint density at radius 1 is 1.29 bits per heavy atom. The van der Waals surface area contributed by atoms with Gasteiger partial charge >= 0.3 is 5.97 Å². The van der Waals surface area contributed by atoms with Crippen LogP contribution in [0.5, 0.6) is 0 Å². The van der Waals surface area contributed by atoms with Gasteiger partial charge in [0.1, 0.15) is 6.04 Å². The van der Waals surface area contributed by atoms with E-state index in [-0.39, 0.29) is 0 Å². The number of nitrogens with zero attached hydrogens (tertiary/aromatic N) is 1. The van der Waals surface area contributed by atoms with Crippen LogP contribution in [-0.2, 0) is 4.79 Å². The molecule has 4 nitrogen and oxygen atoms in total. The molecule has 0 spiro atoms. The highest BCUT2D eigenvalue weighted by molar-refractivity contribution is 5.72. The van der Waals surface area contributed by atoms with E-state index in [9.17, 15) is 4.79 Å². The van der Waals surface area contributed by atoms with Gasteiger partial charge in [0.25, 0.3) is 0 Å². The largest absolute Gasteiger partial charge is 0.480 e. The van der Waals surface area contributed by atoms with E-state index in [0.29, 0.717) is 12.5 Å². The third-order valence-corrected chi connectivity index (χ3v) is 4.40. The van der Waals surface area contributed by atoms with E-state index in [2.05, 4.69) is 4.90 Å². The summed E-state index contributed by atoms with van der Waals surface area (Å²) in [6.07, 6.45) is 8.60. The highest BCUT2D eigenvalue weighted by atomic mass is 16.4. The van der Waals surface area contributed by atoms with Crippen LogP contribution >= 0.6 is 0 Å².